The summed E-state index contributed by atoms with van der Waals surface area (Å²) in [6.07, 6.45) is 7.38. The van der Waals surface area contributed by atoms with Gasteiger partial charge in [0.25, 0.3) is 0 Å². The number of fused-ring (bicyclic) bond motifs is 2. The average Bonchev–Trinajstić information content (AvgIpc) is 2.40. The summed E-state index contributed by atoms with van der Waals surface area (Å²) in [4.78, 5) is 14.3. The molecule has 0 spiro atoms. The second-order valence-corrected chi connectivity index (χ2v) is 7.10. The van der Waals surface area contributed by atoms with Gasteiger partial charge in [-0.3, -0.25) is 4.79 Å². The SMILES string of the molecule is O=C1CCC[C@@H]2[C@H]3CCC[N+]4([O-])CCC[C@H](CN12)C34. The minimum atomic E-state index is 0.0772. The Labute approximate surface area is 114 Å². The number of piperidine rings is 4. The molecule has 2 unspecified atom stereocenters. The maximum absolute atomic E-state index is 13.1. The summed E-state index contributed by atoms with van der Waals surface area (Å²) >= 11 is 0. The van der Waals surface area contributed by atoms with Gasteiger partial charge in [-0.2, -0.15) is 0 Å². The van der Waals surface area contributed by atoms with E-state index in [1.54, 1.807) is 0 Å². The number of hydroxylamine groups is 3. The third kappa shape index (κ3) is 1.69. The van der Waals surface area contributed by atoms with Crippen LogP contribution in [0.15, 0.2) is 0 Å². The van der Waals surface area contributed by atoms with Crippen molar-refractivity contribution in [3.63, 3.8) is 0 Å². The molecule has 4 aliphatic rings. The fraction of sp³-hybridized carbons (Fsp3) is 0.933. The molecule has 0 bridgehead atoms. The van der Waals surface area contributed by atoms with Crippen molar-refractivity contribution in [1.82, 2.24) is 4.90 Å². The van der Waals surface area contributed by atoms with E-state index in [0.717, 1.165) is 51.7 Å². The van der Waals surface area contributed by atoms with Crippen molar-refractivity contribution in [3.8, 4) is 0 Å². The number of rotatable bonds is 0. The van der Waals surface area contributed by atoms with Gasteiger partial charge in [0.15, 0.2) is 0 Å². The Morgan fingerprint density at radius 3 is 2.74 bits per heavy atom. The molecule has 4 heteroatoms. The highest BCUT2D eigenvalue weighted by molar-refractivity contribution is 5.77. The normalized spacial score (nSPS) is 49.5. The van der Waals surface area contributed by atoms with Gasteiger partial charge in [-0.25, -0.2) is 0 Å². The quantitative estimate of drug-likeness (QED) is 0.495. The highest BCUT2D eigenvalue weighted by Gasteiger charge is 2.55. The third-order valence-corrected chi connectivity index (χ3v) is 6.19. The predicted octanol–water partition coefficient (Wildman–Crippen LogP) is 1.88. The molecule has 0 N–H and O–H groups in total. The van der Waals surface area contributed by atoms with E-state index in [2.05, 4.69) is 4.90 Å². The van der Waals surface area contributed by atoms with Crippen LogP contribution in [0.3, 0.4) is 0 Å². The topological polar surface area (TPSA) is 43.4 Å². The molecular formula is C15H24N2O2. The zero-order valence-corrected chi connectivity index (χ0v) is 11.6. The van der Waals surface area contributed by atoms with Crippen LogP contribution in [0.25, 0.3) is 0 Å². The highest BCUT2D eigenvalue weighted by atomic mass is 16.5. The van der Waals surface area contributed by atoms with Gasteiger partial charge in [0.2, 0.25) is 5.91 Å². The van der Waals surface area contributed by atoms with Gasteiger partial charge >= 0.3 is 0 Å². The van der Waals surface area contributed by atoms with Crippen LogP contribution in [0, 0.1) is 17.0 Å². The fourth-order valence-corrected chi connectivity index (χ4v) is 5.55. The molecule has 4 saturated heterocycles. The first kappa shape index (κ1) is 12.2. The minimum absolute atomic E-state index is 0.0772. The number of hydrogen-bond donors (Lipinski definition) is 0. The first-order valence-corrected chi connectivity index (χ1v) is 8.06. The molecule has 106 valence electrons. The molecule has 0 saturated carbocycles. The van der Waals surface area contributed by atoms with E-state index >= 15 is 0 Å². The maximum atomic E-state index is 13.1. The lowest BCUT2D eigenvalue weighted by atomic mass is 9.67. The van der Waals surface area contributed by atoms with Crippen LogP contribution < -0.4 is 0 Å². The van der Waals surface area contributed by atoms with Gasteiger partial charge in [-0.15, -0.1) is 0 Å². The monoisotopic (exact) mass is 264 g/mol. The van der Waals surface area contributed by atoms with Crippen LogP contribution in [-0.4, -0.2) is 47.2 Å². The number of hydrogen-bond acceptors (Lipinski definition) is 2. The largest absolute Gasteiger partial charge is 0.633 e. The van der Waals surface area contributed by atoms with Gasteiger partial charge in [0.05, 0.1) is 19.1 Å². The smallest absolute Gasteiger partial charge is 0.222 e. The van der Waals surface area contributed by atoms with Gasteiger partial charge < -0.3 is 14.8 Å². The van der Waals surface area contributed by atoms with Gasteiger partial charge in [0.1, 0.15) is 0 Å². The molecule has 4 rings (SSSR count). The molecule has 19 heavy (non-hydrogen) atoms. The molecule has 1 amide bonds. The average molecular weight is 264 g/mol. The number of amides is 1. The molecule has 4 heterocycles. The predicted molar refractivity (Wildman–Crippen MR) is 71.9 cm³/mol. The number of quaternary nitrogens is 1. The molecule has 0 aromatic heterocycles. The summed E-state index contributed by atoms with van der Waals surface area (Å²) < 4.78 is 0.0772. The first-order valence-electron chi connectivity index (χ1n) is 8.06. The molecule has 4 fully saturated rings. The minimum Gasteiger partial charge on any atom is -0.633 e. The van der Waals surface area contributed by atoms with Crippen molar-refractivity contribution in [2.24, 2.45) is 11.8 Å². The molecule has 0 radical (unpaired) electrons. The summed E-state index contributed by atoms with van der Waals surface area (Å²) in [5.74, 6) is 1.33. The Hall–Kier alpha value is -0.610. The Bertz CT molecular complexity index is 396. The molecule has 0 aromatic rings. The fourth-order valence-electron chi connectivity index (χ4n) is 5.55. The Morgan fingerprint density at radius 1 is 1.11 bits per heavy atom. The summed E-state index contributed by atoms with van der Waals surface area (Å²) in [6, 6.07) is 0.710. The van der Waals surface area contributed by atoms with Crippen LogP contribution in [0.4, 0.5) is 0 Å². The van der Waals surface area contributed by atoms with Gasteiger partial charge in [0, 0.05) is 30.8 Å². The second-order valence-electron chi connectivity index (χ2n) is 7.10. The number of nitrogens with zero attached hydrogens (tertiary/aromatic N) is 2. The standard InChI is InChI=1S/C15H24N2O2/c18-14-7-1-6-13-12-5-3-9-17(19)8-2-4-11(15(12)17)10-16(13)14/h11-13,15H,1-10H2/t11-,12-,13-,15?,17?/m1/s1. The van der Waals surface area contributed by atoms with Crippen molar-refractivity contribution < 1.29 is 9.44 Å². The summed E-state index contributed by atoms with van der Waals surface area (Å²) in [6.45, 7) is 2.55. The van der Waals surface area contributed by atoms with E-state index in [-0.39, 0.29) is 4.65 Å². The van der Waals surface area contributed by atoms with E-state index < -0.39 is 0 Å². The lowest BCUT2D eigenvalue weighted by molar-refractivity contribution is -0.925. The first-order chi connectivity index (χ1) is 9.19. The van der Waals surface area contributed by atoms with Crippen molar-refractivity contribution >= 4 is 5.91 Å². The van der Waals surface area contributed by atoms with Crippen molar-refractivity contribution in [1.29, 1.82) is 0 Å². The van der Waals surface area contributed by atoms with E-state index in [0.29, 0.717) is 29.8 Å². The van der Waals surface area contributed by atoms with E-state index in [9.17, 15) is 10.0 Å². The Balaban J connectivity index is 1.69. The van der Waals surface area contributed by atoms with Crippen molar-refractivity contribution in [2.75, 3.05) is 19.6 Å². The Kier molecular flexibility index (Phi) is 2.68. The highest BCUT2D eigenvalue weighted by Crippen LogP contribution is 2.47. The second kappa shape index (κ2) is 4.19. The zero-order chi connectivity index (χ0) is 13.0. The molecule has 4 nitrogen and oxygen atoms in total. The number of carbonyl (C=O) groups is 1. The van der Waals surface area contributed by atoms with Crippen LogP contribution in [-0.2, 0) is 4.79 Å². The van der Waals surface area contributed by atoms with E-state index in [1.165, 1.54) is 12.8 Å². The number of carbonyl (C=O) groups excluding carboxylic acids is 1. The van der Waals surface area contributed by atoms with Gasteiger partial charge in [-0.05, 0) is 38.5 Å². The summed E-state index contributed by atoms with van der Waals surface area (Å²) in [5.41, 5.74) is 0. The molecule has 0 aromatic carbocycles. The molecule has 0 aliphatic carbocycles. The zero-order valence-electron chi connectivity index (χ0n) is 11.6. The third-order valence-electron chi connectivity index (χ3n) is 6.19. The van der Waals surface area contributed by atoms with E-state index in [4.69, 9.17) is 0 Å². The summed E-state index contributed by atoms with van der Waals surface area (Å²) in [7, 11) is 0. The maximum Gasteiger partial charge on any atom is 0.222 e. The van der Waals surface area contributed by atoms with Crippen molar-refractivity contribution in [3.05, 3.63) is 5.21 Å². The lowest BCUT2D eigenvalue weighted by Crippen LogP contribution is -2.71. The molecular weight excluding hydrogens is 240 g/mol. The van der Waals surface area contributed by atoms with Gasteiger partial charge in [-0.1, -0.05) is 0 Å². The van der Waals surface area contributed by atoms with E-state index in [1.807, 2.05) is 0 Å². The molecule has 5 atom stereocenters. The molecule has 4 aliphatic heterocycles. The summed E-state index contributed by atoms with van der Waals surface area (Å²) in [5, 5.41) is 13.1. The van der Waals surface area contributed by atoms with Crippen LogP contribution >= 0.6 is 0 Å². The van der Waals surface area contributed by atoms with Crippen LogP contribution in [0.1, 0.15) is 44.9 Å². The van der Waals surface area contributed by atoms with Crippen LogP contribution in [0.2, 0.25) is 0 Å². The Morgan fingerprint density at radius 2 is 1.89 bits per heavy atom. The lowest BCUT2D eigenvalue weighted by Gasteiger charge is -2.64. The van der Waals surface area contributed by atoms with Crippen LogP contribution in [0.5, 0.6) is 0 Å². The van der Waals surface area contributed by atoms with Crippen molar-refractivity contribution in [2.45, 2.75) is 57.0 Å².